The molecule has 1 atom stereocenters. The Labute approximate surface area is 173 Å². The number of imidazole rings is 1. The van der Waals surface area contributed by atoms with Crippen molar-refractivity contribution in [2.75, 3.05) is 0 Å². The number of rotatable bonds is 4. The molecule has 0 aliphatic heterocycles. The molecular weight excluding hydrogens is 414 g/mol. The zero-order valence-corrected chi connectivity index (χ0v) is 16.1. The lowest BCUT2D eigenvalue weighted by atomic mass is 10.1. The number of hydrogen-bond donors (Lipinski definition) is 1. The van der Waals surface area contributed by atoms with E-state index in [1.54, 1.807) is 37.4 Å². The van der Waals surface area contributed by atoms with Crippen LogP contribution in [0.5, 0.6) is 0 Å². The minimum Gasteiger partial charge on any atom is -0.335 e. The van der Waals surface area contributed by atoms with Gasteiger partial charge in [0.05, 0.1) is 11.4 Å². The topological polar surface area (TPSA) is 72.2 Å². The number of halogens is 4. The maximum Gasteiger partial charge on any atom is 0.412 e. The van der Waals surface area contributed by atoms with E-state index in [0.717, 1.165) is 24.3 Å². The number of hydrogen-bond acceptors (Lipinski definition) is 4. The van der Waals surface area contributed by atoms with Gasteiger partial charge >= 0.3 is 6.18 Å². The van der Waals surface area contributed by atoms with Crippen LogP contribution in [0.15, 0.2) is 61.1 Å². The third kappa shape index (κ3) is 4.09. The first-order valence-corrected chi connectivity index (χ1v) is 9.13. The molecule has 0 radical (unpaired) electrons. The molecule has 0 aliphatic carbocycles. The number of carbonyl (C=O) groups is 1. The molecule has 1 N–H and O–H groups in total. The summed E-state index contributed by atoms with van der Waals surface area (Å²) in [6, 6.07) is 8.37. The molecule has 4 aromatic rings. The molecule has 10 heteroatoms. The number of alkyl halides is 3. The summed E-state index contributed by atoms with van der Waals surface area (Å²) in [5, 5.41) is 1.95. The first-order valence-electron chi connectivity index (χ1n) is 9.13. The zero-order chi connectivity index (χ0) is 22.2. The van der Waals surface area contributed by atoms with E-state index in [1.165, 1.54) is 10.7 Å². The van der Waals surface area contributed by atoms with Crippen LogP contribution in [0, 0.1) is 12.7 Å². The van der Waals surface area contributed by atoms with Crippen LogP contribution in [-0.2, 0) is 0 Å². The molecule has 0 bridgehead atoms. The summed E-state index contributed by atoms with van der Waals surface area (Å²) in [5.74, 6) is -1.74. The third-order valence-corrected chi connectivity index (χ3v) is 4.64. The number of nitrogens with zero attached hydrogens (tertiary/aromatic N) is 4. The number of fused-ring (bicyclic) bond motifs is 1. The van der Waals surface area contributed by atoms with Gasteiger partial charge in [-0.05, 0) is 42.8 Å². The molecule has 0 fully saturated rings. The van der Waals surface area contributed by atoms with Gasteiger partial charge in [0.1, 0.15) is 12.1 Å². The molecule has 1 amide bonds. The van der Waals surface area contributed by atoms with Crippen molar-refractivity contribution < 1.29 is 22.4 Å². The Morgan fingerprint density at radius 3 is 2.45 bits per heavy atom. The van der Waals surface area contributed by atoms with Crippen molar-refractivity contribution in [3.63, 3.8) is 0 Å². The molecule has 3 aromatic heterocycles. The van der Waals surface area contributed by atoms with E-state index in [9.17, 15) is 22.4 Å². The fraction of sp³-hybridized carbons (Fsp3) is 0.143. The average molecular weight is 429 g/mol. The van der Waals surface area contributed by atoms with Crippen LogP contribution in [0.1, 0.15) is 27.8 Å². The highest BCUT2D eigenvalue weighted by molar-refractivity contribution is 5.98. The van der Waals surface area contributed by atoms with Gasteiger partial charge in [-0.15, -0.1) is 0 Å². The Bertz CT molecular complexity index is 1240. The van der Waals surface area contributed by atoms with Gasteiger partial charge in [0.15, 0.2) is 17.4 Å². The Balaban J connectivity index is 1.73. The van der Waals surface area contributed by atoms with E-state index >= 15 is 0 Å². The first kappa shape index (κ1) is 20.5. The molecule has 0 saturated heterocycles. The number of carbonyl (C=O) groups excluding carboxylic acids is 1. The van der Waals surface area contributed by atoms with Crippen LogP contribution < -0.4 is 5.32 Å². The van der Waals surface area contributed by atoms with Gasteiger partial charge in [-0.2, -0.15) is 13.2 Å². The minimum absolute atomic E-state index is 0.0955. The van der Waals surface area contributed by atoms with Crippen molar-refractivity contribution >= 4 is 11.6 Å². The molecule has 158 valence electrons. The number of aromatic nitrogens is 4. The molecule has 0 aliphatic rings. The van der Waals surface area contributed by atoms with Gasteiger partial charge in [0, 0.05) is 11.9 Å². The fourth-order valence-electron chi connectivity index (χ4n) is 3.14. The summed E-state index contributed by atoms with van der Waals surface area (Å²) < 4.78 is 55.5. The van der Waals surface area contributed by atoms with Crippen molar-refractivity contribution in [1.29, 1.82) is 0 Å². The van der Waals surface area contributed by atoms with Crippen LogP contribution in [0.4, 0.5) is 17.6 Å². The Hall–Kier alpha value is -3.82. The summed E-state index contributed by atoms with van der Waals surface area (Å²) in [4.78, 5) is 25.3. The summed E-state index contributed by atoms with van der Waals surface area (Å²) in [6.45, 7) is 1.75. The number of amides is 1. The molecule has 1 unspecified atom stereocenters. The minimum atomic E-state index is -4.80. The predicted molar refractivity (Wildman–Crippen MR) is 104 cm³/mol. The van der Waals surface area contributed by atoms with Crippen LogP contribution in [-0.4, -0.2) is 31.4 Å². The van der Waals surface area contributed by atoms with E-state index in [1.807, 2.05) is 5.32 Å². The second kappa shape index (κ2) is 7.78. The highest BCUT2D eigenvalue weighted by atomic mass is 19.4. The van der Waals surface area contributed by atoms with Gasteiger partial charge < -0.3 is 5.32 Å². The Morgan fingerprint density at radius 2 is 1.81 bits per heavy atom. The van der Waals surface area contributed by atoms with E-state index in [2.05, 4.69) is 15.0 Å². The number of nitrogens with one attached hydrogen (secondary N) is 1. The normalized spacial score (nSPS) is 12.7. The molecular formula is C21H15F4N5O. The summed E-state index contributed by atoms with van der Waals surface area (Å²) in [7, 11) is 0. The molecule has 0 spiro atoms. The number of benzene rings is 1. The maximum atomic E-state index is 13.6. The van der Waals surface area contributed by atoms with Gasteiger partial charge in [-0.1, -0.05) is 18.2 Å². The SMILES string of the molecule is Cc1cc(-c2ccccn2)nc2c(C(=O)NC(c3ccc(F)cc3)C(F)(F)F)ncn12. The van der Waals surface area contributed by atoms with Crippen LogP contribution in [0.2, 0.25) is 0 Å². The molecule has 31 heavy (non-hydrogen) atoms. The van der Waals surface area contributed by atoms with Crippen LogP contribution >= 0.6 is 0 Å². The van der Waals surface area contributed by atoms with E-state index in [0.29, 0.717) is 17.1 Å². The quantitative estimate of drug-likeness (QED) is 0.492. The number of aryl methyl sites for hydroxylation is 1. The Kier molecular flexibility index (Phi) is 5.14. The first-order chi connectivity index (χ1) is 14.7. The van der Waals surface area contributed by atoms with Crippen molar-refractivity contribution in [2.45, 2.75) is 19.1 Å². The van der Waals surface area contributed by atoms with E-state index in [-0.39, 0.29) is 16.9 Å². The molecule has 6 nitrogen and oxygen atoms in total. The van der Waals surface area contributed by atoms with Crippen molar-refractivity contribution in [2.24, 2.45) is 0 Å². The smallest absolute Gasteiger partial charge is 0.335 e. The molecule has 3 heterocycles. The van der Waals surface area contributed by atoms with Gasteiger partial charge in [-0.25, -0.2) is 14.4 Å². The second-order valence-electron chi connectivity index (χ2n) is 6.78. The van der Waals surface area contributed by atoms with Crippen molar-refractivity contribution in [1.82, 2.24) is 24.7 Å². The molecule has 0 saturated carbocycles. The summed E-state index contributed by atoms with van der Waals surface area (Å²) in [6.07, 6.45) is -1.90. The highest BCUT2D eigenvalue weighted by Crippen LogP contribution is 2.33. The highest BCUT2D eigenvalue weighted by Gasteiger charge is 2.42. The van der Waals surface area contributed by atoms with E-state index < -0.39 is 23.9 Å². The standard InChI is InChI=1S/C21H15F4N5O/c1-12-10-16(15-4-2-3-9-26-15)28-19-17(27-11-30(12)19)20(31)29-18(21(23,24)25)13-5-7-14(22)8-6-13/h2-11,18H,1H3,(H,29,31). The average Bonchev–Trinajstić information content (AvgIpc) is 3.17. The molecule has 1 aromatic carbocycles. The summed E-state index contributed by atoms with van der Waals surface area (Å²) in [5.41, 5.74) is 1.19. The Morgan fingerprint density at radius 1 is 1.06 bits per heavy atom. The lowest BCUT2D eigenvalue weighted by Crippen LogP contribution is -2.38. The largest absolute Gasteiger partial charge is 0.412 e. The lowest BCUT2D eigenvalue weighted by Gasteiger charge is -2.21. The second-order valence-corrected chi connectivity index (χ2v) is 6.78. The third-order valence-electron chi connectivity index (χ3n) is 4.64. The van der Waals surface area contributed by atoms with Crippen LogP contribution in [0.25, 0.3) is 17.0 Å². The lowest BCUT2D eigenvalue weighted by molar-refractivity contribution is -0.155. The van der Waals surface area contributed by atoms with E-state index in [4.69, 9.17) is 0 Å². The maximum absolute atomic E-state index is 13.6. The zero-order valence-electron chi connectivity index (χ0n) is 16.1. The van der Waals surface area contributed by atoms with Gasteiger partial charge in [0.2, 0.25) is 0 Å². The van der Waals surface area contributed by atoms with Gasteiger partial charge in [0.25, 0.3) is 5.91 Å². The monoisotopic (exact) mass is 429 g/mol. The van der Waals surface area contributed by atoms with Crippen molar-refractivity contribution in [3.8, 4) is 11.4 Å². The summed E-state index contributed by atoms with van der Waals surface area (Å²) >= 11 is 0. The predicted octanol–water partition coefficient (Wildman–Crippen LogP) is 4.27. The van der Waals surface area contributed by atoms with Crippen molar-refractivity contribution in [3.05, 3.63) is 83.8 Å². The van der Waals surface area contributed by atoms with Crippen LogP contribution in [0.3, 0.4) is 0 Å². The number of pyridine rings is 1. The van der Waals surface area contributed by atoms with Gasteiger partial charge in [-0.3, -0.25) is 14.2 Å². The molecule has 4 rings (SSSR count). The fourth-order valence-corrected chi connectivity index (χ4v) is 3.14.